The van der Waals surface area contributed by atoms with Crippen molar-refractivity contribution < 1.29 is 19.1 Å². The number of carbonyl (C=O) groups excluding carboxylic acids is 3. The van der Waals surface area contributed by atoms with Crippen LogP contribution in [0.1, 0.15) is 44.0 Å². The molecule has 24 heavy (non-hydrogen) atoms. The van der Waals surface area contributed by atoms with E-state index >= 15 is 0 Å². The molecule has 1 aliphatic rings. The molecule has 1 aromatic rings. The summed E-state index contributed by atoms with van der Waals surface area (Å²) >= 11 is 0. The van der Waals surface area contributed by atoms with Crippen molar-refractivity contribution in [2.45, 2.75) is 45.8 Å². The summed E-state index contributed by atoms with van der Waals surface area (Å²) in [6.45, 7) is 6.27. The number of carbonyl (C=O) groups is 3. The first-order chi connectivity index (χ1) is 11.4. The SMILES string of the molecule is CC(=O)c1cccc(O[C@H](C)C(=O)N[C@H](C)CN2CCCC2=O)c1. The van der Waals surface area contributed by atoms with Crippen LogP contribution in [0.4, 0.5) is 0 Å². The predicted octanol–water partition coefficient (Wildman–Crippen LogP) is 1.78. The second-order valence-electron chi connectivity index (χ2n) is 6.20. The third-order valence-corrected chi connectivity index (χ3v) is 3.98. The first kappa shape index (κ1) is 18.0. The molecule has 1 fully saturated rings. The van der Waals surface area contributed by atoms with E-state index < -0.39 is 6.10 Å². The Balaban J connectivity index is 1.86. The molecule has 1 saturated heterocycles. The van der Waals surface area contributed by atoms with Crippen LogP contribution in [0.3, 0.4) is 0 Å². The van der Waals surface area contributed by atoms with Crippen LogP contribution in [0.2, 0.25) is 0 Å². The highest BCUT2D eigenvalue weighted by Gasteiger charge is 2.24. The van der Waals surface area contributed by atoms with E-state index in [1.165, 1.54) is 6.92 Å². The Morgan fingerprint density at radius 1 is 1.33 bits per heavy atom. The molecule has 130 valence electrons. The quantitative estimate of drug-likeness (QED) is 0.772. The van der Waals surface area contributed by atoms with E-state index in [1.807, 2.05) is 6.92 Å². The summed E-state index contributed by atoms with van der Waals surface area (Å²) in [6, 6.07) is 6.61. The number of benzene rings is 1. The minimum atomic E-state index is -0.691. The van der Waals surface area contributed by atoms with Crippen LogP contribution in [-0.4, -0.2) is 47.7 Å². The number of Topliss-reactive ketones (excluding diaryl/α,β-unsaturated/α-hetero) is 1. The summed E-state index contributed by atoms with van der Waals surface area (Å²) in [7, 11) is 0. The fourth-order valence-corrected chi connectivity index (χ4v) is 2.68. The lowest BCUT2D eigenvalue weighted by Gasteiger charge is -2.23. The van der Waals surface area contributed by atoms with E-state index in [0.717, 1.165) is 13.0 Å². The highest BCUT2D eigenvalue weighted by molar-refractivity contribution is 5.94. The van der Waals surface area contributed by atoms with Gasteiger partial charge in [-0.05, 0) is 39.3 Å². The van der Waals surface area contributed by atoms with Gasteiger partial charge in [0, 0.05) is 31.1 Å². The average Bonchev–Trinajstić information content (AvgIpc) is 2.92. The third kappa shape index (κ3) is 4.81. The number of likely N-dealkylation sites (tertiary alicyclic amines) is 1. The van der Waals surface area contributed by atoms with Gasteiger partial charge >= 0.3 is 0 Å². The molecule has 1 heterocycles. The molecular weight excluding hydrogens is 308 g/mol. The maximum atomic E-state index is 12.2. The zero-order chi connectivity index (χ0) is 17.7. The van der Waals surface area contributed by atoms with E-state index in [1.54, 1.807) is 36.1 Å². The Kier molecular flexibility index (Phi) is 5.95. The number of rotatable bonds is 7. The Labute approximate surface area is 142 Å². The van der Waals surface area contributed by atoms with Gasteiger partial charge < -0.3 is 15.0 Å². The average molecular weight is 332 g/mol. The van der Waals surface area contributed by atoms with Gasteiger partial charge in [0.25, 0.3) is 5.91 Å². The van der Waals surface area contributed by atoms with E-state index in [9.17, 15) is 14.4 Å². The number of nitrogens with zero attached hydrogens (tertiary/aromatic N) is 1. The Bertz CT molecular complexity index is 629. The Morgan fingerprint density at radius 2 is 2.08 bits per heavy atom. The van der Waals surface area contributed by atoms with Crippen LogP contribution in [0.15, 0.2) is 24.3 Å². The van der Waals surface area contributed by atoms with Crippen LogP contribution in [0.5, 0.6) is 5.75 Å². The van der Waals surface area contributed by atoms with Crippen molar-refractivity contribution in [2.75, 3.05) is 13.1 Å². The summed E-state index contributed by atoms with van der Waals surface area (Å²) in [5.74, 6) is 0.318. The van der Waals surface area contributed by atoms with Gasteiger partial charge in [-0.15, -0.1) is 0 Å². The first-order valence-corrected chi connectivity index (χ1v) is 8.22. The fourth-order valence-electron chi connectivity index (χ4n) is 2.68. The zero-order valence-electron chi connectivity index (χ0n) is 14.4. The van der Waals surface area contributed by atoms with Gasteiger partial charge in [0.15, 0.2) is 11.9 Å². The normalized spacial score (nSPS) is 16.6. The van der Waals surface area contributed by atoms with Gasteiger partial charge in [-0.3, -0.25) is 14.4 Å². The lowest BCUT2D eigenvalue weighted by atomic mass is 10.1. The second-order valence-corrected chi connectivity index (χ2v) is 6.20. The van der Waals surface area contributed by atoms with Gasteiger partial charge in [-0.25, -0.2) is 0 Å². The maximum Gasteiger partial charge on any atom is 0.261 e. The van der Waals surface area contributed by atoms with E-state index in [4.69, 9.17) is 4.74 Å². The lowest BCUT2D eigenvalue weighted by Crippen LogP contribution is -2.46. The highest BCUT2D eigenvalue weighted by Crippen LogP contribution is 2.15. The molecule has 0 aromatic heterocycles. The van der Waals surface area contributed by atoms with Crippen molar-refractivity contribution in [1.29, 1.82) is 0 Å². The summed E-state index contributed by atoms with van der Waals surface area (Å²) in [5, 5.41) is 2.86. The highest BCUT2D eigenvalue weighted by atomic mass is 16.5. The second kappa shape index (κ2) is 7.95. The monoisotopic (exact) mass is 332 g/mol. The predicted molar refractivity (Wildman–Crippen MR) is 90.0 cm³/mol. The third-order valence-electron chi connectivity index (χ3n) is 3.98. The van der Waals surface area contributed by atoms with Crippen LogP contribution in [0, 0.1) is 0 Å². The van der Waals surface area contributed by atoms with Crippen LogP contribution >= 0.6 is 0 Å². The van der Waals surface area contributed by atoms with E-state index in [-0.39, 0.29) is 23.6 Å². The van der Waals surface area contributed by atoms with Crippen LogP contribution in [-0.2, 0) is 9.59 Å². The summed E-state index contributed by atoms with van der Waals surface area (Å²) in [5.41, 5.74) is 0.543. The zero-order valence-corrected chi connectivity index (χ0v) is 14.4. The number of ketones is 1. The van der Waals surface area contributed by atoms with Gasteiger partial charge in [-0.1, -0.05) is 12.1 Å². The molecule has 0 saturated carbocycles. The number of hydrogen-bond donors (Lipinski definition) is 1. The van der Waals surface area contributed by atoms with Gasteiger partial charge in [0.05, 0.1) is 0 Å². The molecule has 0 unspecified atom stereocenters. The molecule has 6 heteroatoms. The number of hydrogen-bond acceptors (Lipinski definition) is 4. The van der Waals surface area contributed by atoms with Crippen LogP contribution in [0.25, 0.3) is 0 Å². The van der Waals surface area contributed by atoms with Crippen molar-refractivity contribution in [2.24, 2.45) is 0 Å². The summed E-state index contributed by atoms with van der Waals surface area (Å²) in [6.07, 6.45) is 0.780. The molecule has 2 atom stereocenters. The molecule has 2 amide bonds. The number of nitrogens with one attached hydrogen (secondary N) is 1. The van der Waals surface area contributed by atoms with Crippen molar-refractivity contribution in [3.8, 4) is 5.75 Å². The molecule has 1 N–H and O–H groups in total. The van der Waals surface area contributed by atoms with Crippen molar-refractivity contribution in [3.63, 3.8) is 0 Å². The summed E-state index contributed by atoms with van der Waals surface area (Å²) in [4.78, 5) is 37.0. The molecule has 0 aliphatic carbocycles. The Hall–Kier alpha value is -2.37. The fraction of sp³-hybridized carbons (Fsp3) is 0.500. The Morgan fingerprint density at radius 3 is 2.71 bits per heavy atom. The summed E-state index contributed by atoms with van der Waals surface area (Å²) < 4.78 is 5.61. The van der Waals surface area contributed by atoms with Gasteiger partial charge in [-0.2, -0.15) is 0 Å². The smallest absolute Gasteiger partial charge is 0.261 e. The standard InChI is InChI=1S/C18H24N2O4/c1-12(11-20-9-5-8-17(20)22)19-18(23)14(3)24-16-7-4-6-15(10-16)13(2)21/h4,6-7,10,12,14H,5,8-9,11H2,1-3H3,(H,19,23)/t12-,14-/m1/s1. The number of amides is 2. The maximum absolute atomic E-state index is 12.2. The van der Waals surface area contributed by atoms with Crippen molar-refractivity contribution in [3.05, 3.63) is 29.8 Å². The van der Waals surface area contributed by atoms with E-state index in [0.29, 0.717) is 24.3 Å². The van der Waals surface area contributed by atoms with Crippen molar-refractivity contribution in [1.82, 2.24) is 10.2 Å². The lowest BCUT2D eigenvalue weighted by molar-refractivity contribution is -0.130. The molecule has 0 radical (unpaired) electrons. The van der Waals surface area contributed by atoms with Gasteiger partial charge in [0.1, 0.15) is 5.75 Å². The molecular formula is C18H24N2O4. The molecule has 0 spiro atoms. The first-order valence-electron chi connectivity index (χ1n) is 8.22. The number of ether oxygens (including phenoxy) is 1. The molecule has 1 aromatic carbocycles. The van der Waals surface area contributed by atoms with Gasteiger partial charge in [0.2, 0.25) is 5.91 Å². The largest absolute Gasteiger partial charge is 0.481 e. The van der Waals surface area contributed by atoms with Crippen LogP contribution < -0.4 is 10.1 Å². The van der Waals surface area contributed by atoms with Crippen molar-refractivity contribution >= 4 is 17.6 Å². The molecule has 6 nitrogen and oxygen atoms in total. The minimum Gasteiger partial charge on any atom is -0.481 e. The van der Waals surface area contributed by atoms with E-state index in [2.05, 4.69) is 5.32 Å². The molecule has 0 bridgehead atoms. The topological polar surface area (TPSA) is 75.7 Å². The molecule has 1 aliphatic heterocycles. The minimum absolute atomic E-state index is 0.0542. The molecule has 2 rings (SSSR count).